The van der Waals surface area contributed by atoms with Gasteiger partial charge in [-0.1, -0.05) is 36.4 Å². The largest absolute Gasteiger partial charge is 0.416 e. The Bertz CT molecular complexity index is 1380. The molecule has 0 radical (unpaired) electrons. The number of thiazole rings is 1. The minimum Gasteiger partial charge on any atom is -0.279 e. The Hall–Kier alpha value is -3.24. The van der Waals surface area contributed by atoms with Crippen LogP contribution in [-0.2, 0) is 16.2 Å². The number of sulfonamides is 1. The van der Waals surface area contributed by atoms with Crippen molar-refractivity contribution in [3.8, 4) is 21.8 Å². The van der Waals surface area contributed by atoms with Crippen molar-refractivity contribution in [3.05, 3.63) is 89.6 Å². The number of halogens is 4. The van der Waals surface area contributed by atoms with E-state index >= 15 is 0 Å². The minimum absolute atomic E-state index is 0.135. The number of hydrogen-bond donors (Lipinski definition) is 1. The summed E-state index contributed by atoms with van der Waals surface area (Å²) in [6, 6.07) is 16.0. The number of hydrogen-bond acceptors (Lipinski definition) is 4. The molecule has 1 heterocycles. The van der Waals surface area contributed by atoms with E-state index in [1.165, 1.54) is 23.5 Å². The molecule has 0 atom stereocenters. The van der Waals surface area contributed by atoms with Gasteiger partial charge in [-0.2, -0.15) is 13.2 Å². The van der Waals surface area contributed by atoms with E-state index in [0.29, 0.717) is 27.9 Å². The number of para-hydroxylation sites is 1. The molecule has 0 fully saturated rings. The van der Waals surface area contributed by atoms with E-state index in [1.54, 1.807) is 41.8 Å². The van der Waals surface area contributed by atoms with Crippen LogP contribution in [0.5, 0.6) is 0 Å². The maximum absolute atomic E-state index is 14.1. The standard InChI is InChI=1S/C22H14F4N2O2S2/c23-18-10-3-1-8-16(18)21-27-20(13-31-21)17-9-2-4-11-19(17)28-32(29,30)15-7-5-6-14(12-15)22(24,25)26/h1-13,28H. The average Bonchev–Trinajstić information content (AvgIpc) is 3.23. The van der Waals surface area contributed by atoms with Crippen LogP contribution in [-0.4, -0.2) is 13.4 Å². The lowest BCUT2D eigenvalue weighted by atomic mass is 10.1. The smallest absolute Gasteiger partial charge is 0.279 e. The molecule has 3 aromatic carbocycles. The highest BCUT2D eigenvalue weighted by Crippen LogP contribution is 2.35. The summed E-state index contributed by atoms with van der Waals surface area (Å²) in [7, 11) is -4.31. The minimum atomic E-state index is -4.67. The molecule has 0 saturated heterocycles. The number of nitrogens with one attached hydrogen (secondary N) is 1. The van der Waals surface area contributed by atoms with Crippen LogP contribution in [0.3, 0.4) is 0 Å². The lowest BCUT2D eigenvalue weighted by Crippen LogP contribution is -2.15. The number of alkyl halides is 3. The fourth-order valence-corrected chi connectivity index (χ4v) is 4.97. The molecule has 32 heavy (non-hydrogen) atoms. The molecule has 4 rings (SSSR count). The Labute approximate surface area is 185 Å². The van der Waals surface area contributed by atoms with E-state index in [-0.39, 0.29) is 5.69 Å². The van der Waals surface area contributed by atoms with Crippen molar-refractivity contribution in [2.45, 2.75) is 11.1 Å². The third-order valence-electron chi connectivity index (χ3n) is 4.53. The molecule has 0 spiro atoms. The van der Waals surface area contributed by atoms with E-state index in [2.05, 4.69) is 9.71 Å². The van der Waals surface area contributed by atoms with E-state index in [9.17, 15) is 26.0 Å². The summed E-state index contributed by atoms with van der Waals surface area (Å²) >= 11 is 1.19. The van der Waals surface area contributed by atoms with Gasteiger partial charge in [-0.15, -0.1) is 11.3 Å². The van der Waals surface area contributed by atoms with Crippen molar-refractivity contribution in [1.82, 2.24) is 4.98 Å². The van der Waals surface area contributed by atoms with Gasteiger partial charge in [0, 0.05) is 16.5 Å². The van der Waals surface area contributed by atoms with Crippen LogP contribution in [0.4, 0.5) is 23.2 Å². The molecule has 0 unspecified atom stereocenters. The number of rotatable bonds is 5. The van der Waals surface area contributed by atoms with Gasteiger partial charge < -0.3 is 0 Å². The van der Waals surface area contributed by atoms with Crippen molar-refractivity contribution >= 4 is 27.0 Å². The number of nitrogens with zero attached hydrogens (tertiary/aromatic N) is 1. The number of benzene rings is 3. The van der Waals surface area contributed by atoms with Gasteiger partial charge in [-0.25, -0.2) is 17.8 Å². The van der Waals surface area contributed by atoms with Crippen molar-refractivity contribution in [2.24, 2.45) is 0 Å². The van der Waals surface area contributed by atoms with Crippen molar-refractivity contribution < 1.29 is 26.0 Å². The maximum Gasteiger partial charge on any atom is 0.416 e. The topological polar surface area (TPSA) is 59.1 Å². The van der Waals surface area contributed by atoms with Crippen molar-refractivity contribution in [1.29, 1.82) is 0 Å². The molecule has 0 aliphatic carbocycles. The normalized spacial score (nSPS) is 12.0. The van der Waals surface area contributed by atoms with Gasteiger partial charge in [0.05, 0.1) is 21.8 Å². The second-order valence-electron chi connectivity index (χ2n) is 6.69. The highest BCUT2D eigenvalue weighted by Gasteiger charge is 2.31. The first-order valence-electron chi connectivity index (χ1n) is 9.15. The SMILES string of the molecule is O=S(=O)(Nc1ccccc1-c1csc(-c2ccccc2F)n1)c1cccc(C(F)(F)F)c1. The molecular weight excluding hydrogens is 464 g/mol. The van der Waals surface area contributed by atoms with Crippen molar-refractivity contribution in [2.75, 3.05) is 4.72 Å². The van der Waals surface area contributed by atoms with Gasteiger partial charge in [-0.05, 0) is 36.4 Å². The summed E-state index contributed by atoms with van der Waals surface area (Å²) in [6.07, 6.45) is -4.67. The molecule has 164 valence electrons. The summed E-state index contributed by atoms with van der Waals surface area (Å²) in [6.45, 7) is 0. The third-order valence-corrected chi connectivity index (χ3v) is 6.77. The Balaban J connectivity index is 1.69. The second-order valence-corrected chi connectivity index (χ2v) is 9.23. The molecule has 4 aromatic rings. The molecule has 0 aliphatic rings. The zero-order valence-corrected chi connectivity index (χ0v) is 17.7. The van der Waals surface area contributed by atoms with Crippen molar-refractivity contribution in [3.63, 3.8) is 0 Å². The third kappa shape index (κ3) is 4.51. The lowest BCUT2D eigenvalue weighted by molar-refractivity contribution is -0.137. The molecule has 0 saturated carbocycles. The van der Waals surface area contributed by atoms with Gasteiger partial charge in [0.1, 0.15) is 10.8 Å². The van der Waals surface area contributed by atoms with Crippen LogP contribution in [0.15, 0.2) is 83.1 Å². The molecule has 10 heteroatoms. The predicted octanol–water partition coefficient (Wildman–Crippen LogP) is 6.44. The van der Waals surface area contributed by atoms with E-state index in [0.717, 1.165) is 18.2 Å². The Morgan fingerprint density at radius 3 is 2.28 bits per heavy atom. The molecular formula is C22H14F4N2O2S2. The van der Waals surface area contributed by atoms with Crippen LogP contribution in [0.2, 0.25) is 0 Å². The van der Waals surface area contributed by atoms with Gasteiger partial charge >= 0.3 is 6.18 Å². The molecule has 1 aromatic heterocycles. The summed E-state index contributed by atoms with van der Waals surface area (Å²) in [5.74, 6) is -0.438. The van der Waals surface area contributed by atoms with Crippen LogP contribution >= 0.6 is 11.3 Å². The second kappa shape index (κ2) is 8.36. The van der Waals surface area contributed by atoms with E-state index < -0.39 is 32.5 Å². The lowest BCUT2D eigenvalue weighted by Gasteiger charge is -2.13. The first-order chi connectivity index (χ1) is 15.1. The monoisotopic (exact) mass is 478 g/mol. The Morgan fingerprint density at radius 1 is 0.875 bits per heavy atom. The van der Waals surface area contributed by atoms with Crippen LogP contribution in [0.1, 0.15) is 5.56 Å². The number of aromatic nitrogens is 1. The average molecular weight is 478 g/mol. The fraction of sp³-hybridized carbons (Fsp3) is 0.0455. The summed E-state index contributed by atoms with van der Waals surface area (Å²) in [5.41, 5.74) is 0.182. The molecule has 1 N–H and O–H groups in total. The Morgan fingerprint density at radius 2 is 1.56 bits per heavy atom. The van der Waals surface area contributed by atoms with Gasteiger partial charge in [-0.3, -0.25) is 4.72 Å². The van der Waals surface area contributed by atoms with Crippen LogP contribution in [0, 0.1) is 5.82 Å². The van der Waals surface area contributed by atoms with E-state index in [1.807, 2.05) is 0 Å². The highest BCUT2D eigenvalue weighted by molar-refractivity contribution is 7.92. The van der Waals surface area contributed by atoms with E-state index in [4.69, 9.17) is 0 Å². The summed E-state index contributed by atoms with van der Waals surface area (Å²) < 4.78 is 81.0. The van der Waals surface area contributed by atoms with Crippen LogP contribution < -0.4 is 4.72 Å². The van der Waals surface area contributed by atoms with Gasteiger partial charge in [0.15, 0.2) is 0 Å². The first kappa shape index (κ1) is 22.0. The predicted molar refractivity (Wildman–Crippen MR) is 115 cm³/mol. The quantitative estimate of drug-likeness (QED) is 0.336. The highest BCUT2D eigenvalue weighted by atomic mass is 32.2. The summed E-state index contributed by atoms with van der Waals surface area (Å²) in [4.78, 5) is 3.90. The zero-order valence-electron chi connectivity index (χ0n) is 16.1. The molecule has 0 amide bonds. The van der Waals surface area contributed by atoms with Crippen LogP contribution in [0.25, 0.3) is 21.8 Å². The Kier molecular flexibility index (Phi) is 5.74. The zero-order chi connectivity index (χ0) is 22.9. The molecule has 0 aliphatic heterocycles. The van der Waals surface area contributed by atoms with Gasteiger partial charge in [0.25, 0.3) is 10.0 Å². The molecule has 4 nitrogen and oxygen atoms in total. The summed E-state index contributed by atoms with van der Waals surface area (Å²) in [5, 5.41) is 2.06. The first-order valence-corrected chi connectivity index (χ1v) is 11.5. The van der Waals surface area contributed by atoms with Gasteiger partial charge in [0.2, 0.25) is 0 Å². The molecule has 0 bridgehead atoms. The number of anilines is 1. The fourth-order valence-electron chi connectivity index (χ4n) is 2.99. The maximum atomic E-state index is 14.1.